The van der Waals surface area contributed by atoms with Crippen LogP contribution in [0.25, 0.3) is 0 Å². The summed E-state index contributed by atoms with van der Waals surface area (Å²) >= 11 is 0. The van der Waals surface area contributed by atoms with Crippen LogP contribution in [0, 0.1) is 17.8 Å². The normalized spacial score (nSPS) is 14.5. The number of rotatable bonds is 11. The van der Waals surface area contributed by atoms with E-state index >= 15 is 0 Å². The van der Waals surface area contributed by atoms with Gasteiger partial charge in [0, 0.05) is 0 Å². The molecule has 0 rings (SSSR count). The van der Waals surface area contributed by atoms with E-state index in [4.69, 9.17) is 9.47 Å². The van der Waals surface area contributed by atoms with Crippen LogP contribution in [0.2, 0.25) is 0 Å². The molecule has 32 heavy (non-hydrogen) atoms. The zero-order chi connectivity index (χ0) is 25.2. The number of ether oxygens (including phenoxy) is 2. The minimum atomic E-state index is -0.889. The SMILES string of the molecule is COC(=O)[C@@H](CC(C)C)NC(=O)[C@@H](CC(C)C)NC(=O)[C@H](NC(=O)OC(C)(C)C)C(C)C. The maximum atomic E-state index is 13.0. The van der Waals surface area contributed by atoms with Gasteiger partial charge in [-0.25, -0.2) is 9.59 Å². The van der Waals surface area contributed by atoms with Gasteiger partial charge in [-0.05, 0) is 51.4 Å². The highest BCUT2D eigenvalue weighted by atomic mass is 16.6. The molecule has 0 aromatic heterocycles. The first-order valence-electron chi connectivity index (χ1n) is 11.2. The van der Waals surface area contributed by atoms with Gasteiger partial charge in [0.25, 0.3) is 0 Å². The number of methoxy groups -OCH3 is 1. The van der Waals surface area contributed by atoms with Gasteiger partial charge in [-0.3, -0.25) is 9.59 Å². The van der Waals surface area contributed by atoms with Crippen LogP contribution in [0.15, 0.2) is 0 Å². The monoisotopic (exact) mass is 457 g/mol. The van der Waals surface area contributed by atoms with E-state index in [1.165, 1.54) is 7.11 Å². The van der Waals surface area contributed by atoms with Crippen molar-refractivity contribution in [2.24, 2.45) is 17.8 Å². The van der Waals surface area contributed by atoms with E-state index in [-0.39, 0.29) is 17.8 Å². The first-order chi connectivity index (χ1) is 14.6. The number of nitrogens with one attached hydrogen (secondary N) is 3. The molecule has 186 valence electrons. The second kappa shape index (κ2) is 13.3. The Bertz CT molecular complexity index is 640. The predicted octanol–water partition coefficient (Wildman–Crippen LogP) is 2.77. The maximum absolute atomic E-state index is 13.0. The molecule has 0 unspecified atom stereocenters. The largest absolute Gasteiger partial charge is 0.467 e. The van der Waals surface area contributed by atoms with Crippen LogP contribution in [0.5, 0.6) is 0 Å². The summed E-state index contributed by atoms with van der Waals surface area (Å²) in [6.45, 7) is 16.5. The molecular weight excluding hydrogens is 414 g/mol. The van der Waals surface area contributed by atoms with E-state index in [9.17, 15) is 19.2 Å². The lowest BCUT2D eigenvalue weighted by molar-refractivity contribution is -0.146. The standard InChI is InChI=1S/C23H43N3O6/c1-13(2)11-16(19(27)25-17(12-14(3)4)21(29)31-10)24-20(28)18(15(5)6)26-22(30)32-23(7,8)9/h13-18H,11-12H2,1-10H3,(H,24,28)(H,25,27)(H,26,30)/t16-,17-,18-/m1/s1. The zero-order valence-electron chi connectivity index (χ0n) is 21.3. The van der Waals surface area contributed by atoms with Crippen molar-refractivity contribution in [2.75, 3.05) is 7.11 Å². The lowest BCUT2D eigenvalue weighted by Crippen LogP contribution is -2.57. The fraction of sp³-hybridized carbons (Fsp3) is 0.826. The molecule has 0 aliphatic rings. The van der Waals surface area contributed by atoms with Crippen LogP contribution in [0.4, 0.5) is 4.79 Å². The summed E-state index contributed by atoms with van der Waals surface area (Å²) in [5.74, 6) is -1.49. The number of alkyl carbamates (subject to hydrolysis) is 1. The number of carbonyl (C=O) groups excluding carboxylic acids is 4. The molecule has 0 aromatic carbocycles. The smallest absolute Gasteiger partial charge is 0.408 e. The Hall–Kier alpha value is -2.32. The molecule has 0 radical (unpaired) electrons. The van der Waals surface area contributed by atoms with Crippen LogP contribution in [0.3, 0.4) is 0 Å². The Kier molecular flexibility index (Phi) is 12.3. The topological polar surface area (TPSA) is 123 Å². The van der Waals surface area contributed by atoms with Crippen LogP contribution in [-0.2, 0) is 23.9 Å². The fourth-order valence-corrected chi connectivity index (χ4v) is 3.03. The van der Waals surface area contributed by atoms with Crippen molar-refractivity contribution in [1.29, 1.82) is 0 Å². The van der Waals surface area contributed by atoms with Crippen molar-refractivity contribution < 1.29 is 28.7 Å². The van der Waals surface area contributed by atoms with E-state index in [1.807, 2.05) is 27.7 Å². The Morgan fingerprint density at radius 2 is 1.22 bits per heavy atom. The van der Waals surface area contributed by atoms with Gasteiger partial charge in [-0.15, -0.1) is 0 Å². The van der Waals surface area contributed by atoms with E-state index < -0.39 is 47.6 Å². The highest BCUT2D eigenvalue weighted by molar-refractivity contribution is 5.93. The summed E-state index contributed by atoms with van der Waals surface area (Å²) in [5.41, 5.74) is -0.707. The number of esters is 1. The van der Waals surface area contributed by atoms with E-state index in [0.29, 0.717) is 12.8 Å². The quantitative estimate of drug-likeness (QED) is 0.410. The lowest BCUT2D eigenvalue weighted by Gasteiger charge is -2.28. The van der Waals surface area contributed by atoms with Crippen molar-refractivity contribution >= 4 is 23.9 Å². The number of hydrogen-bond acceptors (Lipinski definition) is 6. The van der Waals surface area contributed by atoms with Crippen molar-refractivity contribution in [2.45, 2.75) is 98.9 Å². The second-order valence-corrected chi connectivity index (χ2v) is 10.3. The van der Waals surface area contributed by atoms with Gasteiger partial charge in [0.1, 0.15) is 23.7 Å². The Morgan fingerprint density at radius 1 is 0.750 bits per heavy atom. The molecule has 0 aromatic rings. The predicted molar refractivity (Wildman–Crippen MR) is 123 cm³/mol. The molecule has 3 atom stereocenters. The molecular formula is C23H43N3O6. The average molecular weight is 458 g/mol. The van der Waals surface area contributed by atoms with Gasteiger partial charge in [0.15, 0.2) is 0 Å². The number of hydrogen-bond donors (Lipinski definition) is 3. The third-order valence-corrected chi connectivity index (χ3v) is 4.47. The summed E-state index contributed by atoms with van der Waals surface area (Å²) < 4.78 is 10.1. The highest BCUT2D eigenvalue weighted by Crippen LogP contribution is 2.12. The Morgan fingerprint density at radius 3 is 1.62 bits per heavy atom. The number of amides is 3. The van der Waals surface area contributed by atoms with Crippen molar-refractivity contribution in [3.05, 3.63) is 0 Å². The third kappa shape index (κ3) is 11.9. The van der Waals surface area contributed by atoms with Crippen molar-refractivity contribution in [1.82, 2.24) is 16.0 Å². The summed E-state index contributed by atoms with van der Waals surface area (Å²) in [7, 11) is 1.27. The van der Waals surface area contributed by atoms with Crippen molar-refractivity contribution in [3.8, 4) is 0 Å². The third-order valence-electron chi connectivity index (χ3n) is 4.47. The molecule has 3 N–H and O–H groups in total. The van der Waals surface area contributed by atoms with Crippen LogP contribution >= 0.6 is 0 Å². The minimum Gasteiger partial charge on any atom is -0.467 e. The summed E-state index contributed by atoms with van der Waals surface area (Å²) in [4.78, 5) is 50.3. The Balaban J connectivity index is 5.47. The highest BCUT2D eigenvalue weighted by Gasteiger charge is 2.32. The first-order valence-corrected chi connectivity index (χ1v) is 11.2. The lowest BCUT2D eigenvalue weighted by atomic mass is 9.99. The molecule has 9 heteroatoms. The summed E-state index contributed by atoms with van der Waals surface area (Å²) in [5, 5.41) is 8.04. The zero-order valence-corrected chi connectivity index (χ0v) is 21.3. The summed E-state index contributed by atoms with van der Waals surface area (Å²) in [6.07, 6.45) is 0.0684. The molecule has 0 spiro atoms. The van der Waals surface area contributed by atoms with E-state index in [1.54, 1.807) is 34.6 Å². The minimum absolute atomic E-state index is 0.101. The van der Waals surface area contributed by atoms with Crippen LogP contribution in [0.1, 0.15) is 75.2 Å². The van der Waals surface area contributed by atoms with Gasteiger partial charge in [0.2, 0.25) is 11.8 Å². The van der Waals surface area contributed by atoms with Gasteiger partial charge >= 0.3 is 12.1 Å². The second-order valence-electron chi connectivity index (χ2n) is 10.3. The Labute approximate surface area is 192 Å². The van der Waals surface area contributed by atoms with E-state index in [0.717, 1.165) is 0 Å². The molecule has 0 aliphatic heterocycles. The molecule has 0 fully saturated rings. The van der Waals surface area contributed by atoms with Crippen molar-refractivity contribution in [3.63, 3.8) is 0 Å². The average Bonchev–Trinajstić information content (AvgIpc) is 2.61. The van der Waals surface area contributed by atoms with Gasteiger partial charge in [-0.2, -0.15) is 0 Å². The molecule has 0 aliphatic carbocycles. The molecule has 9 nitrogen and oxygen atoms in total. The van der Waals surface area contributed by atoms with Crippen LogP contribution in [-0.4, -0.2) is 54.7 Å². The summed E-state index contributed by atoms with van der Waals surface area (Å²) in [6, 6.07) is -2.57. The van der Waals surface area contributed by atoms with Crippen LogP contribution < -0.4 is 16.0 Å². The molecule has 0 saturated carbocycles. The van der Waals surface area contributed by atoms with Gasteiger partial charge < -0.3 is 25.4 Å². The molecule has 0 saturated heterocycles. The molecule has 0 bridgehead atoms. The van der Waals surface area contributed by atoms with E-state index in [2.05, 4.69) is 16.0 Å². The first kappa shape index (κ1) is 29.7. The maximum Gasteiger partial charge on any atom is 0.408 e. The van der Waals surface area contributed by atoms with Gasteiger partial charge in [0.05, 0.1) is 7.11 Å². The fourth-order valence-electron chi connectivity index (χ4n) is 3.03. The number of carbonyl (C=O) groups is 4. The van der Waals surface area contributed by atoms with Gasteiger partial charge in [-0.1, -0.05) is 41.5 Å². The molecule has 0 heterocycles. The molecule has 3 amide bonds.